The lowest BCUT2D eigenvalue weighted by atomic mass is 10.3. The van der Waals surface area contributed by atoms with Gasteiger partial charge in [-0.3, -0.25) is 4.79 Å². The fraction of sp³-hybridized carbons (Fsp3) is 0.462. The summed E-state index contributed by atoms with van der Waals surface area (Å²) in [7, 11) is -1.93. The quantitative estimate of drug-likeness (QED) is 0.865. The van der Waals surface area contributed by atoms with E-state index < -0.39 is 10.0 Å². The molecule has 1 saturated heterocycles. The zero-order valence-electron chi connectivity index (χ0n) is 12.1. The molecule has 1 fully saturated rings. The average molecular weight is 366 g/mol. The van der Waals surface area contributed by atoms with Gasteiger partial charge in [0.2, 0.25) is 15.9 Å². The monoisotopic (exact) mass is 365 g/mol. The average Bonchev–Trinajstić information content (AvgIpc) is 2.50. The Morgan fingerprint density at radius 2 is 1.82 bits per heavy atom. The molecule has 2 rings (SSSR count). The molecule has 0 aromatic heterocycles. The number of carbonyl (C=O) groups is 1. The summed E-state index contributed by atoms with van der Waals surface area (Å²) in [6.07, 6.45) is 0. The van der Waals surface area contributed by atoms with Gasteiger partial charge in [-0.15, -0.1) is 0 Å². The molecule has 1 aromatic carbocycles. The van der Waals surface area contributed by atoms with Crippen molar-refractivity contribution in [3.05, 3.63) is 28.2 Å². The van der Waals surface area contributed by atoms with Crippen molar-refractivity contribution in [2.45, 2.75) is 4.90 Å². The smallest absolute Gasteiger partial charge is 0.243 e. The van der Waals surface area contributed by atoms with Crippen LogP contribution < -0.4 is 5.32 Å². The summed E-state index contributed by atoms with van der Waals surface area (Å²) >= 11 is 11.7. The molecule has 9 heteroatoms. The molecular weight excluding hydrogens is 349 g/mol. The van der Waals surface area contributed by atoms with Crippen molar-refractivity contribution in [2.24, 2.45) is 0 Å². The van der Waals surface area contributed by atoms with Crippen molar-refractivity contribution in [1.82, 2.24) is 14.5 Å². The maximum Gasteiger partial charge on any atom is 0.243 e. The van der Waals surface area contributed by atoms with Crippen molar-refractivity contribution in [2.75, 3.05) is 39.8 Å². The van der Waals surface area contributed by atoms with Crippen LogP contribution in [0.3, 0.4) is 0 Å². The van der Waals surface area contributed by atoms with Gasteiger partial charge in [0.15, 0.2) is 0 Å². The van der Waals surface area contributed by atoms with E-state index in [1.807, 2.05) is 0 Å². The summed E-state index contributed by atoms with van der Waals surface area (Å²) in [4.78, 5) is 13.5. The van der Waals surface area contributed by atoms with Crippen molar-refractivity contribution in [3.63, 3.8) is 0 Å². The summed E-state index contributed by atoms with van der Waals surface area (Å²) in [5.41, 5.74) is 0. The number of hydrogen-bond acceptors (Lipinski definition) is 4. The largest absolute Gasteiger partial charge is 0.339 e. The number of carbonyl (C=O) groups excluding carboxylic acids is 1. The van der Waals surface area contributed by atoms with Gasteiger partial charge in [0, 0.05) is 26.2 Å². The minimum Gasteiger partial charge on any atom is -0.339 e. The lowest BCUT2D eigenvalue weighted by Crippen LogP contribution is -2.52. The highest BCUT2D eigenvalue weighted by atomic mass is 35.5. The van der Waals surface area contributed by atoms with Crippen molar-refractivity contribution < 1.29 is 13.2 Å². The Bertz CT molecular complexity index is 658. The number of hydrogen-bond donors (Lipinski definition) is 1. The summed E-state index contributed by atoms with van der Waals surface area (Å²) in [6.45, 7) is 1.53. The second-order valence-corrected chi connectivity index (χ2v) is 7.64. The molecule has 1 N–H and O–H groups in total. The number of amides is 1. The summed E-state index contributed by atoms with van der Waals surface area (Å²) < 4.78 is 26.5. The van der Waals surface area contributed by atoms with Gasteiger partial charge in [0.25, 0.3) is 0 Å². The molecule has 0 spiro atoms. The number of benzene rings is 1. The summed E-state index contributed by atoms with van der Waals surface area (Å²) in [5.74, 6) is -0.0333. The fourth-order valence-corrected chi connectivity index (χ4v) is 4.04. The Balaban J connectivity index is 2.09. The van der Waals surface area contributed by atoms with Gasteiger partial charge >= 0.3 is 0 Å². The molecular formula is C13H17Cl2N3O3S. The highest BCUT2D eigenvalue weighted by Gasteiger charge is 2.30. The lowest BCUT2D eigenvalue weighted by Gasteiger charge is -2.34. The number of sulfonamides is 1. The van der Waals surface area contributed by atoms with E-state index in [-0.39, 0.29) is 35.5 Å². The molecule has 0 unspecified atom stereocenters. The highest BCUT2D eigenvalue weighted by Crippen LogP contribution is 2.26. The number of nitrogens with zero attached hydrogens (tertiary/aromatic N) is 2. The topological polar surface area (TPSA) is 69.7 Å². The summed E-state index contributed by atoms with van der Waals surface area (Å²) in [5, 5.41) is 3.30. The van der Waals surface area contributed by atoms with Crippen molar-refractivity contribution >= 4 is 39.1 Å². The number of rotatable bonds is 4. The molecule has 0 atom stereocenters. The van der Waals surface area contributed by atoms with Gasteiger partial charge in [-0.05, 0) is 25.2 Å². The van der Waals surface area contributed by atoms with E-state index in [0.29, 0.717) is 18.1 Å². The third-order valence-corrected chi connectivity index (χ3v) is 6.08. The normalized spacial score (nSPS) is 16.8. The summed E-state index contributed by atoms with van der Waals surface area (Å²) in [6, 6.07) is 4.24. The Labute approximate surface area is 140 Å². The van der Waals surface area contributed by atoms with Crippen LogP contribution in [0.15, 0.2) is 23.1 Å². The van der Waals surface area contributed by atoms with Crippen LogP contribution in [0.5, 0.6) is 0 Å². The van der Waals surface area contributed by atoms with Gasteiger partial charge in [0.1, 0.15) is 0 Å². The number of halogens is 2. The first-order chi connectivity index (χ1) is 10.4. The van der Waals surface area contributed by atoms with Gasteiger partial charge in [-0.25, -0.2) is 8.42 Å². The molecule has 1 aliphatic rings. The van der Waals surface area contributed by atoms with Crippen LogP contribution in [0.2, 0.25) is 10.0 Å². The highest BCUT2D eigenvalue weighted by molar-refractivity contribution is 7.89. The van der Waals surface area contributed by atoms with E-state index in [4.69, 9.17) is 23.2 Å². The number of nitrogens with one attached hydrogen (secondary N) is 1. The lowest BCUT2D eigenvalue weighted by molar-refractivity contribution is -0.131. The van der Waals surface area contributed by atoms with E-state index in [9.17, 15) is 13.2 Å². The Kier molecular flexibility index (Phi) is 5.68. The van der Waals surface area contributed by atoms with Crippen LogP contribution in [-0.2, 0) is 14.8 Å². The van der Waals surface area contributed by atoms with E-state index >= 15 is 0 Å². The van der Waals surface area contributed by atoms with E-state index in [1.165, 1.54) is 22.5 Å². The van der Waals surface area contributed by atoms with Crippen LogP contribution in [-0.4, -0.2) is 63.3 Å². The van der Waals surface area contributed by atoms with Gasteiger partial charge in [-0.2, -0.15) is 4.31 Å². The zero-order chi connectivity index (χ0) is 16.3. The molecule has 122 valence electrons. The fourth-order valence-electron chi connectivity index (χ4n) is 2.23. The van der Waals surface area contributed by atoms with Gasteiger partial charge in [0.05, 0.1) is 21.5 Å². The van der Waals surface area contributed by atoms with Crippen LogP contribution in [0, 0.1) is 0 Å². The van der Waals surface area contributed by atoms with E-state index in [2.05, 4.69) is 5.32 Å². The van der Waals surface area contributed by atoms with Gasteiger partial charge in [-0.1, -0.05) is 23.2 Å². The molecule has 1 aromatic rings. The van der Waals surface area contributed by atoms with Crippen molar-refractivity contribution in [1.29, 1.82) is 0 Å². The molecule has 0 bridgehead atoms. The van der Waals surface area contributed by atoms with E-state index in [0.717, 1.165) is 0 Å². The van der Waals surface area contributed by atoms with Crippen LogP contribution in [0.4, 0.5) is 0 Å². The van der Waals surface area contributed by atoms with Crippen LogP contribution in [0.1, 0.15) is 0 Å². The molecule has 22 heavy (non-hydrogen) atoms. The van der Waals surface area contributed by atoms with Crippen LogP contribution >= 0.6 is 23.2 Å². The minimum absolute atomic E-state index is 0.0333. The maximum absolute atomic E-state index is 12.6. The van der Waals surface area contributed by atoms with E-state index in [1.54, 1.807) is 11.9 Å². The first kappa shape index (κ1) is 17.5. The predicted octanol–water partition coefficient (Wildman–Crippen LogP) is 1.05. The third-order valence-electron chi connectivity index (χ3n) is 3.45. The molecule has 0 radical (unpaired) electrons. The molecule has 0 aliphatic carbocycles. The first-order valence-electron chi connectivity index (χ1n) is 6.74. The molecule has 0 saturated carbocycles. The Morgan fingerprint density at radius 1 is 1.18 bits per heavy atom. The first-order valence-corrected chi connectivity index (χ1v) is 8.93. The second-order valence-electron chi connectivity index (χ2n) is 4.89. The second kappa shape index (κ2) is 7.14. The van der Waals surface area contributed by atoms with Crippen molar-refractivity contribution in [3.8, 4) is 0 Å². The SMILES string of the molecule is CNCC(=O)N1CCN(S(=O)(=O)c2ccc(Cl)c(Cl)c2)CC1. The maximum atomic E-state index is 12.6. The standard InChI is InChI=1S/C13H17Cl2N3O3S/c1-16-9-13(19)17-4-6-18(7-5-17)22(20,21)10-2-3-11(14)12(15)8-10/h2-3,8,16H,4-7,9H2,1H3. The van der Waals surface area contributed by atoms with Crippen LogP contribution in [0.25, 0.3) is 0 Å². The van der Waals surface area contributed by atoms with Gasteiger partial charge < -0.3 is 10.2 Å². The predicted molar refractivity (Wildman–Crippen MR) is 85.7 cm³/mol. The zero-order valence-corrected chi connectivity index (χ0v) is 14.4. The third kappa shape index (κ3) is 3.72. The molecule has 6 nitrogen and oxygen atoms in total. The molecule has 1 amide bonds. The molecule has 1 heterocycles. The minimum atomic E-state index is -3.63. The number of piperazine rings is 1. The Hall–Kier alpha value is -0.860. The Morgan fingerprint density at radius 3 is 2.36 bits per heavy atom. The molecule has 1 aliphatic heterocycles. The number of likely N-dealkylation sites (N-methyl/N-ethyl adjacent to an activating group) is 1.